The van der Waals surface area contributed by atoms with E-state index in [1.165, 1.54) is 0 Å². The van der Waals surface area contributed by atoms with E-state index in [9.17, 15) is 10.1 Å². The molecule has 0 N–H and O–H groups in total. The first kappa shape index (κ1) is 22.4. The van der Waals surface area contributed by atoms with Crippen molar-refractivity contribution in [3.63, 3.8) is 0 Å². The average molecular weight is 426 g/mol. The minimum atomic E-state index is -1.08. The maximum absolute atomic E-state index is 13.0. The Balaban J connectivity index is 1.78. The van der Waals surface area contributed by atoms with Crippen LogP contribution in [0.4, 0.5) is 5.69 Å². The number of nitriles is 1. The van der Waals surface area contributed by atoms with E-state index < -0.39 is 18.0 Å². The molecule has 2 atom stereocenters. The molecule has 0 saturated carbocycles. The van der Waals surface area contributed by atoms with Crippen LogP contribution in [0.15, 0.2) is 84.0 Å². The van der Waals surface area contributed by atoms with Gasteiger partial charge >= 0.3 is 5.97 Å². The van der Waals surface area contributed by atoms with Crippen LogP contribution in [0.3, 0.4) is 0 Å². The third kappa shape index (κ3) is 5.66. The molecule has 0 radical (unpaired) electrons. The Bertz CT molecular complexity index is 1150. The normalized spacial score (nSPS) is 12.2. The maximum Gasteiger partial charge on any atom is 0.315 e. The fraction of sp³-hybridized carbons (Fsp3) is 0.200. The van der Waals surface area contributed by atoms with Crippen LogP contribution < -0.4 is 4.74 Å². The number of para-hydroxylation sites is 1. The molecule has 0 saturated heterocycles. The highest BCUT2D eigenvalue weighted by Gasteiger charge is 2.29. The third-order valence-electron chi connectivity index (χ3n) is 4.82. The van der Waals surface area contributed by atoms with Gasteiger partial charge in [0.05, 0.1) is 5.92 Å². The molecular formula is C25H22N4O3. The monoisotopic (exact) mass is 426 g/mol. The molecule has 0 aliphatic rings. The van der Waals surface area contributed by atoms with Gasteiger partial charge in [-0.25, -0.2) is 0 Å². The lowest BCUT2D eigenvalue weighted by Gasteiger charge is -2.22. The van der Waals surface area contributed by atoms with Crippen molar-refractivity contribution in [2.24, 2.45) is 11.0 Å². The van der Waals surface area contributed by atoms with Crippen LogP contribution in [-0.2, 0) is 9.53 Å². The van der Waals surface area contributed by atoms with Crippen LogP contribution in [0.5, 0.6) is 11.5 Å². The number of hydrogen-bond acceptors (Lipinski definition) is 5. The molecule has 0 aliphatic heterocycles. The van der Waals surface area contributed by atoms with Gasteiger partial charge in [0.1, 0.15) is 17.6 Å². The summed E-state index contributed by atoms with van der Waals surface area (Å²) in [7, 11) is 0. The van der Waals surface area contributed by atoms with Gasteiger partial charge in [-0.1, -0.05) is 73.6 Å². The molecule has 7 nitrogen and oxygen atoms in total. The Labute approximate surface area is 186 Å². The van der Waals surface area contributed by atoms with E-state index in [0.29, 0.717) is 22.7 Å². The number of esters is 1. The van der Waals surface area contributed by atoms with E-state index >= 15 is 0 Å². The van der Waals surface area contributed by atoms with Crippen molar-refractivity contribution >= 4 is 11.7 Å². The molecular weight excluding hydrogens is 404 g/mol. The Morgan fingerprint density at radius 1 is 0.969 bits per heavy atom. The molecule has 0 bridgehead atoms. The lowest BCUT2D eigenvalue weighted by molar-refractivity contribution is -0.150. The molecule has 0 aromatic heterocycles. The van der Waals surface area contributed by atoms with Crippen LogP contribution in [0, 0.1) is 17.2 Å². The van der Waals surface area contributed by atoms with E-state index in [0.717, 1.165) is 5.56 Å². The van der Waals surface area contributed by atoms with Gasteiger partial charge in [0.25, 0.3) is 0 Å². The molecule has 7 heteroatoms. The van der Waals surface area contributed by atoms with E-state index in [1.54, 1.807) is 48.5 Å². The molecule has 0 fully saturated rings. The highest BCUT2D eigenvalue weighted by atomic mass is 16.5. The number of hydrogen-bond donors (Lipinski definition) is 0. The smallest absolute Gasteiger partial charge is 0.315 e. The summed E-state index contributed by atoms with van der Waals surface area (Å²) in [5, 5.41) is 13.2. The fourth-order valence-corrected chi connectivity index (χ4v) is 3.32. The van der Waals surface area contributed by atoms with Gasteiger partial charge in [0.15, 0.2) is 0 Å². The molecule has 2 unspecified atom stereocenters. The standard InChI is InChI=1S/C25H22N4O3/c1-17(2)24(18-11-13-20(14-12-18)28-29-27)25(30)32-23(16-26)19-7-6-10-22(15-19)31-21-8-4-3-5-9-21/h3-15,17,23-24H,1-2H3. The van der Waals surface area contributed by atoms with Gasteiger partial charge in [-0.2, -0.15) is 5.26 Å². The van der Waals surface area contributed by atoms with E-state index in [2.05, 4.69) is 16.1 Å². The van der Waals surface area contributed by atoms with Crippen molar-refractivity contribution in [2.45, 2.75) is 25.9 Å². The van der Waals surface area contributed by atoms with Crippen LogP contribution in [0.1, 0.15) is 37.0 Å². The van der Waals surface area contributed by atoms with Crippen LogP contribution >= 0.6 is 0 Å². The zero-order valence-corrected chi connectivity index (χ0v) is 17.8. The summed E-state index contributed by atoms with van der Waals surface area (Å²) in [5.41, 5.74) is 10.3. The predicted octanol–water partition coefficient (Wildman–Crippen LogP) is 6.97. The molecule has 32 heavy (non-hydrogen) atoms. The van der Waals surface area contributed by atoms with Gasteiger partial charge < -0.3 is 9.47 Å². The number of rotatable bonds is 8. The van der Waals surface area contributed by atoms with Gasteiger partial charge in [0.2, 0.25) is 6.10 Å². The van der Waals surface area contributed by atoms with Crippen LogP contribution in [-0.4, -0.2) is 5.97 Å². The van der Waals surface area contributed by atoms with Crippen molar-refractivity contribution < 1.29 is 14.3 Å². The Hall–Kier alpha value is -4.27. The van der Waals surface area contributed by atoms with Crippen molar-refractivity contribution in [3.8, 4) is 17.6 Å². The van der Waals surface area contributed by atoms with Crippen molar-refractivity contribution in [1.29, 1.82) is 5.26 Å². The summed E-state index contributed by atoms with van der Waals surface area (Å²) in [5.74, 6) is 0.0605. The number of azide groups is 1. The molecule has 160 valence electrons. The first-order chi connectivity index (χ1) is 15.5. The summed E-state index contributed by atoms with van der Waals surface area (Å²) in [6.07, 6.45) is -1.08. The summed E-state index contributed by atoms with van der Waals surface area (Å²) in [6.45, 7) is 3.81. The molecule has 0 spiro atoms. The summed E-state index contributed by atoms with van der Waals surface area (Å²) in [4.78, 5) is 15.8. The quantitative estimate of drug-likeness (QED) is 0.168. The summed E-state index contributed by atoms with van der Waals surface area (Å²) >= 11 is 0. The van der Waals surface area contributed by atoms with Gasteiger partial charge in [-0.15, -0.1) is 0 Å². The number of ether oxygens (including phenoxy) is 2. The minimum Gasteiger partial charge on any atom is -0.457 e. The van der Waals surface area contributed by atoms with Gasteiger partial charge in [-0.3, -0.25) is 4.79 Å². The average Bonchev–Trinajstić information content (AvgIpc) is 2.79. The number of carbonyl (C=O) groups excluding carboxylic acids is 1. The van der Waals surface area contributed by atoms with E-state index in [1.807, 2.05) is 44.2 Å². The van der Waals surface area contributed by atoms with Crippen LogP contribution in [0.25, 0.3) is 10.4 Å². The number of carbonyl (C=O) groups is 1. The zero-order valence-electron chi connectivity index (χ0n) is 17.8. The minimum absolute atomic E-state index is 0.0695. The molecule has 3 aromatic rings. The Morgan fingerprint density at radius 2 is 1.66 bits per heavy atom. The van der Waals surface area contributed by atoms with Gasteiger partial charge in [0, 0.05) is 16.2 Å². The van der Waals surface area contributed by atoms with Crippen molar-refractivity contribution in [2.75, 3.05) is 0 Å². The number of benzene rings is 3. The third-order valence-corrected chi connectivity index (χ3v) is 4.82. The molecule has 3 aromatic carbocycles. The van der Waals surface area contributed by atoms with E-state index in [-0.39, 0.29) is 5.92 Å². The molecule has 3 rings (SSSR count). The second-order valence-electron chi connectivity index (χ2n) is 7.44. The maximum atomic E-state index is 13.0. The fourth-order valence-electron chi connectivity index (χ4n) is 3.32. The summed E-state index contributed by atoms with van der Waals surface area (Å²) in [6, 6.07) is 25.0. The first-order valence-electron chi connectivity index (χ1n) is 10.1. The lowest BCUT2D eigenvalue weighted by Crippen LogP contribution is -2.22. The Morgan fingerprint density at radius 3 is 2.28 bits per heavy atom. The van der Waals surface area contributed by atoms with Crippen molar-refractivity contribution in [1.82, 2.24) is 0 Å². The first-order valence-corrected chi connectivity index (χ1v) is 10.1. The SMILES string of the molecule is CC(C)C(C(=O)OC(C#N)c1cccc(Oc2ccccc2)c1)c1ccc(N=[N+]=[N-])cc1. The Kier molecular flexibility index (Phi) is 7.47. The highest BCUT2D eigenvalue weighted by molar-refractivity contribution is 5.79. The number of nitrogens with zero attached hydrogens (tertiary/aromatic N) is 4. The van der Waals surface area contributed by atoms with Crippen LogP contribution in [0.2, 0.25) is 0 Å². The largest absolute Gasteiger partial charge is 0.457 e. The van der Waals surface area contributed by atoms with E-state index in [4.69, 9.17) is 15.0 Å². The molecule has 0 aliphatic carbocycles. The highest BCUT2D eigenvalue weighted by Crippen LogP contribution is 2.31. The molecule has 0 heterocycles. The van der Waals surface area contributed by atoms with Crippen molar-refractivity contribution in [3.05, 3.63) is 100 Å². The predicted molar refractivity (Wildman–Crippen MR) is 120 cm³/mol. The lowest BCUT2D eigenvalue weighted by atomic mass is 9.88. The zero-order chi connectivity index (χ0) is 22.9. The van der Waals surface area contributed by atoms with Gasteiger partial charge in [-0.05, 0) is 41.3 Å². The molecule has 0 amide bonds. The second kappa shape index (κ2) is 10.7. The second-order valence-corrected chi connectivity index (χ2v) is 7.44. The summed E-state index contributed by atoms with van der Waals surface area (Å²) < 4.78 is 11.4. The topological polar surface area (TPSA) is 108 Å².